The van der Waals surface area contributed by atoms with Gasteiger partial charge in [-0.15, -0.1) is 35.4 Å². The average molecular weight is 639 g/mol. The van der Waals surface area contributed by atoms with Gasteiger partial charge in [-0.2, -0.15) is 0 Å². The van der Waals surface area contributed by atoms with Crippen LogP contribution in [0, 0.1) is 6.07 Å². The molecule has 3 aromatic carbocycles. The zero-order chi connectivity index (χ0) is 23.9. The first-order valence-electron chi connectivity index (χ1n) is 10.9. The second kappa shape index (κ2) is 12.1. The van der Waals surface area contributed by atoms with E-state index in [-0.39, 0.29) is 31.6 Å². The van der Waals surface area contributed by atoms with Crippen molar-refractivity contribution < 1.29 is 34.4 Å². The Morgan fingerprint density at radius 2 is 1.54 bits per heavy atom. The minimum atomic E-state index is -0.125. The Morgan fingerprint density at radius 1 is 0.886 bits per heavy atom. The van der Waals surface area contributed by atoms with Crippen LogP contribution in [0.25, 0.3) is 44.7 Å². The van der Waals surface area contributed by atoms with Gasteiger partial charge in [-0.1, -0.05) is 66.7 Å². The van der Waals surface area contributed by atoms with Crippen molar-refractivity contribution in [2.24, 2.45) is 0 Å². The first-order valence-corrected chi connectivity index (χ1v) is 10.9. The van der Waals surface area contributed by atoms with Gasteiger partial charge in [-0.05, 0) is 31.2 Å². The molecule has 0 bridgehead atoms. The fourth-order valence-electron chi connectivity index (χ4n) is 3.56. The van der Waals surface area contributed by atoms with Crippen LogP contribution in [0.15, 0.2) is 113 Å². The second-order valence-corrected chi connectivity index (χ2v) is 7.84. The number of furan rings is 1. The van der Waals surface area contributed by atoms with Crippen LogP contribution in [0.3, 0.4) is 0 Å². The van der Waals surface area contributed by atoms with Crippen LogP contribution in [0.5, 0.6) is 0 Å². The summed E-state index contributed by atoms with van der Waals surface area (Å²) in [6, 6.07) is 34.0. The number of fused-ring (bicyclic) bond motifs is 1. The Kier molecular flexibility index (Phi) is 8.91. The molecule has 0 amide bonds. The molecule has 0 spiro atoms. The number of hydrogen-bond acceptors (Lipinski definition) is 4. The Bertz CT molecular complexity index is 1440. The van der Waals surface area contributed by atoms with Gasteiger partial charge in [-0.25, -0.2) is 0 Å². The van der Waals surface area contributed by atoms with E-state index in [0.717, 1.165) is 39.1 Å². The van der Waals surface area contributed by atoms with Crippen molar-refractivity contribution in [3.63, 3.8) is 0 Å². The van der Waals surface area contributed by atoms with Gasteiger partial charge in [0.15, 0.2) is 11.4 Å². The zero-order valence-electron chi connectivity index (χ0n) is 19.4. The summed E-state index contributed by atoms with van der Waals surface area (Å²) in [7, 11) is 0. The number of carbonyl (C=O) groups excluding carboxylic acids is 1. The maximum Gasteiger partial charge on any atom is 0.155 e. The summed E-state index contributed by atoms with van der Waals surface area (Å²) in [6.07, 6.45) is 2.96. The number of benzene rings is 3. The van der Waals surface area contributed by atoms with E-state index in [9.17, 15) is 4.79 Å². The van der Waals surface area contributed by atoms with Gasteiger partial charge in [0, 0.05) is 37.1 Å². The van der Waals surface area contributed by atoms with Crippen LogP contribution >= 0.6 is 0 Å². The summed E-state index contributed by atoms with van der Waals surface area (Å²) in [5, 5.41) is 9.40. The van der Waals surface area contributed by atoms with E-state index in [2.05, 4.69) is 47.4 Å². The number of nitrogens with zero attached hydrogens (tertiary/aromatic N) is 1. The molecule has 2 aromatic heterocycles. The summed E-state index contributed by atoms with van der Waals surface area (Å²) in [5.74, 6) is 0.791. The first-order chi connectivity index (χ1) is 16.5. The van der Waals surface area contributed by atoms with Gasteiger partial charge >= 0.3 is 0 Å². The molecule has 0 aliphatic heterocycles. The third kappa shape index (κ3) is 6.86. The number of allylic oxidation sites excluding steroid dienone is 2. The Labute approximate surface area is 218 Å². The van der Waals surface area contributed by atoms with Crippen molar-refractivity contribution in [3.05, 3.63) is 115 Å². The van der Waals surface area contributed by atoms with E-state index in [1.165, 1.54) is 25.5 Å². The molecule has 0 atom stereocenters. The number of hydrogen-bond donors (Lipinski definition) is 1. The number of aliphatic hydroxyl groups excluding tert-OH is 1. The molecule has 1 N–H and O–H groups in total. The predicted octanol–water partition coefficient (Wildman–Crippen LogP) is 7.66. The maximum absolute atomic E-state index is 10.0. The van der Waals surface area contributed by atoms with Crippen molar-refractivity contribution in [2.45, 2.75) is 13.8 Å². The third-order valence-electron chi connectivity index (χ3n) is 5.06. The summed E-state index contributed by atoms with van der Waals surface area (Å²) >= 11 is 0. The molecule has 0 aliphatic rings. The summed E-state index contributed by atoms with van der Waals surface area (Å²) in [4.78, 5) is 14.6. The van der Waals surface area contributed by atoms with Crippen molar-refractivity contribution in [2.75, 3.05) is 0 Å². The minimum absolute atomic E-state index is 0. The van der Waals surface area contributed by atoms with E-state index >= 15 is 0 Å². The van der Waals surface area contributed by atoms with Gasteiger partial charge in [0.05, 0.1) is 12.0 Å². The number of aliphatic hydroxyl groups is 1. The van der Waals surface area contributed by atoms with E-state index in [1.807, 2.05) is 54.6 Å². The number of aromatic nitrogens is 1. The molecule has 5 rings (SSSR count). The molecular weight excluding hydrogens is 615 g/mol. The fraction of sp³-hybridized carbons (Fsp3) is 0.0667. The van der Waals surface area contributed by atoms with Gasteiger partial charge in [0.25, 0.3) is 0 Å². The minimum Gasteiger partial charge on any atom is -0.512 e. The molecule has 35 heavy (non-hydrogen) atoms. The average Bonchev–Trinajstić information content (AvgIpc) is 3.28. The van der Waals surface area contributed by atoms with E-state index in [0.29, 0.717) is 0 Å². The standard InChI is InChI=1S/C25H16NO.C5H8O2.Ir/c1-3-8-18(9-4-1)20-12-7-13-21(14-20)23-15-22-16-24(27-25(22)17-26-23)19-10-5-2-6-11-19;1-4(6)3-5(2)7;/h1-12,14-17H;3,6H,1-2H3;/q-1;;/b;4-3-;. The molecular formula is C30H24IrNO3-. The topological polar surface area (TPSA) is 63.3 Å². The van der Waals surface area contributed by atoms with Gasteiger partial charge in [-0.3, -0.25) is 4.79 Å². The molecule has 1 radical (unpaired) electrons. The molecule has 5 aromatic rings. The van der Waals surface area contributed by atoms with E-state index in [4.69, 9.17) is 9.52 Å². The monoisotopic (exact) mass is 639 g/mol. The van der Waals surface area contributed by atoms with Crippen LogP contribution in [-0.2, 0) is 24.9 Å². The number of pyridine rings is 1. The summed E-state index contributed by atoms with van der Waals surface area (Å²) in [6.45, 7) is 2.85. The smallest absolute Gasteiger partial charge is 0.155 e. The van der Waals surface area contributed by atoms with Crippen molar-refractivity contribution in [1.29, 1.82) is 0 Å². The molecule has 177 valence electrons. The molecule has 4 nitrogen and oxygen atoms in total. The van der Waals surface area contributed by atoms with Crippen molar-refractivity contribution in [3.8, 4) is 33.7 Å². The van der Waals surface area contributed by atoms with Crippen molar-refractivity contribution in [1.82, 2.24) is 4.98 Å². The van der Waals surface area contributed by atoms with Crippen LogP contribution in [0.1, 0.15) is 13.8 Å². The first kappa shape index (κ1) is 25.8. The van der Waals surface area contributed by atoms with Crippen LogP contribution in [-0.4, -0.2) is 15.9 Å². The Hall–Kier alpha value is -3.79. The molecule has 0 saturated carbocycles. The number of ketones is 1. The normalized spacial score (nSPS) is 10.7. The number of rotatable bonds is 4. The molecule has 0 unspecified atom stereocenters. The predicted molar refractivity (Wildman–Crippen MR) is 136 cm³/mol. The maximum atomic E-state index is 10.0. The van der Waals surface area contributed by atoms with Gasteiger partial charge < -0.3 is 14.5 Å². The van der Waals surface area contributed by atoms with Crippen LogP contribution in [0.2, 0.25) is 0 Å². The largest absolute Gasteiger partial charge is 0.512 e. The Morgan fingerprint density at radius 3 is 2.14 bits per heavy atom. The quantitative estimate of drug-likeness (QED) is 0.125. The molecule has 5 heteroatoms. The molecule has 0 saturated heterocycles. The number of carbonyl (C=O) groups is 1. The van der Waals surface area contributed by atoms with Crippen molar-refractivity contribution >= 4 is 16.8 Å². The SMILES string of the molecule is CC(=O)/C=C(/C)O.[Ir].[c-]1ccc(-c2ccccc2)cc1-c1cc2cc(-c3ccccc3)oc2cn1. The molecule has 2 heterocycles. The van der Waals surface area contributed by atoms with Crippen LogP contribution in [0.4, 0.5) is 0 Å². The zero-order valence-corrected chi connectivity index (χ0v) is 21.8. The van der Waals surface area contributed by atoms with E-state index in [1.54, 1.807) is 6.20 Å². The van der Waals surface area contributed by atoms with E-state index < -0.39 is 0 Å². The molecule has 0 fully saturated rings. The van der Waals surface area contributed by atoms with Gasteiger partial charge in [0.2, 0.25) is 0 Å². The Balaban J connectivity index is 0.000000378. The molecule has 0 aliphatic carbocycles. The third-order valence-corrected chi connectivity index (χ3v) is 5.06. The summed E-state index contributed by atoms with van der Waals surface area (Å²) < 4.78 is 5.97. The van der Waals surface area contributed by atoms with Crippen LogP contribution < -0.4 is 0 Å². The second-order valence-electron chi connectivity index (χ2n) is 7.84. The van der Waals surface area contributed by atoms with Gasteiger partial charge in [0.1, 0.15) is 5.76 Å². The fourth-order valence-corrected chi connectivity index (χ4v) is 3.56. The summed E-state index contributed by atoms with van der Waals surface area (Å²) in [5.41, 5.74) is 6.05.